The molecule has 0 aromatic carbocycles. The minimum atomic E-state index is -0.570. The van der Waals surface area contributed by atoms with Crippen molar-refractivity contribution < 1.29 is 4.79 Å². The number of fused-ring (bicyclic) bond motifs is 1. The van der Waals surface area contributed by atoms with E-state index in [1.807, 2.05) is 0 Å². The summed E-state index contributed by atoms with van der Waals surface area (Å²) in [6, 6.07) is 0. The highest BCUT2D eigenvalue weighted by Crippen LogP contribution is 2.14. The van der Waals surface area contributed by atoms with Crippen molar-refractivity contribution in [3.8, 4) is 0 Å². The van der Waals surface area contributed by atoms with E-state index in [4.69, 9.17) is 5.73 Å². The zero-order valence-electron chi connectivity index (χ0n) is 7.93. The Hall–Kier alpha value is -1.76. The maximum Gasteiger partial charge on any atom is 0.264 e. The molecule has 2 aromatic heterocycles. The average Bonchev–Trinajstić information content (AvgIpc) is 2.53. The molecule has 0 atom stereocenters. The largest absolute Gasteiger partial charge is 0.368 e. The lowest BCUT2D eigenvalue weighted by Gasteiger charge is -2.00. The number of amides is 1. The van der Waals surface area contributed by atoms with Crippen molar-refractivity contribution in [1.82, 2.24) is 13.9 Å². The third-order valence-electron chi connectivity index (χ3n) is 1.96. The molecule has 0 saturated heterocycles. The van der Waals surface area contributed by atoms with Gasteiger partial charge in [0.2, 0.25) is 5.91 Å². The SMILES string of the molecule is Cc1nsc2ncn(CC(N)=O)c(=O)c12. The Balaban J connectivity index is 2.69. The van der Waals surface area contributed by atoms with Gasteiger partial charge in [0.1, 0.15) is 6.54 Å². The smallest absolute Gasteiger partial charge is 0.264 e. The number of nitrogens with two attached hydrogens (primary N) is 1. The molecule has 0 spiro atoms. The number of nitrogens with zero attached hydrogens (tertiary/aromatic N) is 3. The maximum absolute atomic E-state index is 11.8. The van der Waals surface area contributed by atoms with Gasteiger partial charge in [0.25, 0.3) is 5.56 Å². The number of hydrogen-bond donors (Lipinski definition) is 1. The Bertz CT molecular complexity index is 586. The molecule has 2 rings (SSSR count). The van der Waals surface area contributed by atoms with Crippen LogP contribution < -0.4 is 11.3 Å². The van der Waals surface area contributed by atoms with Crippen LogP contribution in [0.4, 0.5) is 0 Å². The van der Waals surface area contributed by atoms with E-state index < -0.39 is 5.91 Å². The predicted octanol–water partition coefficient (Wildman–Crippen LogP) is -0.353. The molecular formula is C8H8N4O2S. The first-order valence-corrected chi connectivity index (χ1v) is 4.96. The van der Waals surface area contributed by atoms with Crippen LogP contribution in [0.2, 0.25) is 0 Å². The minimum Gasteiger partial charge on any atom is -0.368 e. The van der Waals surface area contributed by atoms with E-state index in [2.05, 4.69) is 9.36 Å². The van der Waals surface area contributed by atoms with Gasteiger partial charge in [0, 0.05) is 0 Å². The molecule has 78 valence electrons. The van der Waals surface area contributed by atoms with E-state index in [0.29, 0.717) is 15.9 Å². The molecule has 0 aliphatic heterocycles. The van der Waals surface area contributed by atoms with Crippen LogP contribution in [0, 0.1) is 6.92 Å². The highest BCUT2D eigenvalue weighted by atomic mass is 32.1. The van der Waals surface area contributed by atoms with Crippen molar-refractivity contribution in [2.45, 2.75) is 13.5 Å². The van der Waals surface area contributed by atoms with E-state index in [1.54, 1.807) is 6.92 Å². The summed E-state index contributed by atoms with van der Waals surface area (Å²) in [5, 5.41) is 0.462. The summed E-state index contributed by atoms with van der Waals surface area (Å²) in [5.74, 6) is -0.570. The number of aromatic nitrogens is 3. The topological polar surface area (TPSA) is 90.9 Å². The number of carbonyl (C=O) groups excluding carboxylic acids is 1. The summed E-state index contributed by atoms with van der Waals surface area (Å²) >= 11 is 1.17. The Morgan fingerprint density at radius 2 is 2.40 bits per heavy atom. The zero-order valence-corrected chi connectivity index (χ0v) is 8.74. The van der Waals surface area contributed by atoms with Crippen molar-refractivity contribution in [2.24, 2.45) is 5.73 Å². The second kappa shape index (κ2) is 3.43. The Morgan fingerprint density at radius 3 is 3.07 bits per heavy atom. The van der Waals surface area contributed by atoms with Gasteiger partial charge in [-0.2, -0.15) is 4.37 Å². The van der Waals surface area contributed by atoms with E-state index in [0.717, 1.165) is 0 Å². The number of aryl methyl sites for hydroxylation is 1. The van der Waals surface area contributed by atoms with Crippen LogP contribution >= 0.6 is 11.5 Å². The van der Waals surface area contributed by atoms with Crippen molar-refractivity contribution in [3.63, 3.8) is 0 Å². The van der Waals surface area contributed by atoms with Gasteiger partial charge in [0.05, 0.1) is 17.4 Å². The van der Waals surface area contributed by atoms with Gasteiger partial charge in [-0.1, -0.05) is 0 Å². The monoisotopic (exact) mass is 224 g/mol. The fourth-order valence-corrected chi connectivity index (χ4v) is 2.03. The van der Waals surface area contributed by atoms with E-state index in [-0.39, 0.29) is 12.1 Å². The van der Waals surface area contributed by atoms with Gasteiger partial charge in [-0.15, -0.1) is 0 Å². The second-order valence-electron chi connectivity index (χ2n) is 3.09. The maximum atomic E-state index is 11.8. The summed E-state index contributed by atoms with van der Waals surface area (Å²) in [6.07, 6.45) is 1.31. The number of rotatable bonds is 2. The van der Waals surface area contributed by atoms with Crippen LogP contribution in [0.15, 0.2) is 11.1 Å². The molecular weight excluding hydrogens is 216 g/mol. The molecule has 6 nitrogen and oxygen atoms in total. The van der Waals surface area contributed by atoms with E-state index in [9.17, 15) is 9.59 Å². The third-order valence-corrected chi connectivity index (χ3v) is 2.81. The summed E-state index contributed by atoms with van der Waals surface area (Å²) in [7, 11) is 0. The van der Waals surface area contributed by atoms with Gasteiger partial charge < -0.3 is 5.73 Å². The molecule has 0 saturated carbocycles. The van der Waals surface area contributed by atoms with E-state index in [1.165, 1.54) is 22.4 Å². The van der Waals surface area contributed by atoms with Crippen molar-refractivity contribution in [2.75, 3.05) is 0 Å². The number of carbonyl (C=O) groups is 1. The molecule has 15 heavy (non-hydrogen) atoms. The molecule has 2 heterocycles. The van der Waals surface area contributed by atoms with Crippen LogP contribution in [-0.2, 0) is 11.3 Å². The van der Waals surface area contributed by atoms with Gasteiger partial charge >= 0.3 is 0 Å². The normalized spacial score (nSPS) is 10.7. The summed E-state index contributed by atoms with van der Waals surface area (Å²) < 4.78 is 5.21. The first-order chi connectivity index (χ1) is 7.09. The third kappa shape index (κ3) is 1.61. The quantitative estimate of drug-likeness (QED) is 0.754. The molecule has 2 N–H and O–H groups in total. The fourth-order valence-electron chi connectivity index (χ4n) is 1.29. The zero-order chi connectivity index (χ0) is 11.0. The van der Waals surface area contributed by atoms with Gasteiger partial charge in [-0.3, -0.25) is 14.2 Å². The highest BCUT2D eigenvalue weighted by Gasteiger charge is 2.10. The molecule has 0 aliphatic rings. The van der Waals surface area contributed by atoms with Gasteiger partial charge in [0.15, 0.2) is 4.83 Å². The molecule has 0 fully saturated rings. The first-order valence-electron chi connectivity index (χ1n) is 4.19. The van der Waals surface area contributed by atoms with Gasteiger partial charge in [-0.05, 0) is 18.5 Å². The molecule has 7 heteroatoms. The van der Waals surface area contributed by atoms with E-state index >= 15 is 0 Å². The molecule has 0 aliphatic carbocycles. The molecule has 1 amide bonds. The second-order valence-corrected chi connectivity index (χ2v) is 3.84. The summed E-state index contributed by atoms with van der Waals surface area (Å²) in [6.45, 7) is 1.58. The number of hydrogen-bond acceptors (Lipinski definition) is 5. The van der Waals surface area contributed by atoms with Crippen LogP contribution in [0.3, 0.4) is 0 Å². The Kier molecular flexibility index (Phi) is 2.24. The fraction of sp³-hybridized carbons (Fsp3) is 0.250. The molecule has 0 radical (unpaired) electrons. The first kappa shape index (κ1) is 9.78. The van der Waals surface area contributed by atoms with Crippen molar-refractivity contribution >= 4 is 27.7 Å². The average molecular weight is 224 g/mol. The standard InChI is InChI=1S/C8H8N4O2S/c1-4-6-7(15-11-4)10-3-12(8(6)14)2-5(9)13/h3H,2H2,1H3,(H2,9,13). The molecule has 0 unspecified atom stereocenters. The van der Waals surface area contributed by atoms with Crippen LogP contribution in [-0.4, -0.2) is 19.8 Å². The molecule has 2 aromatic rings. The lowest BCUT2D eigenvalue weighted by molar-refractivity contribution is -0.118. The predicted molar refractivity (Wildman–Crippen MR) is 55.6 cm³/mol. The summed E-state index contributed by atoms with van der Waals surface area (Å²) in [5.41, 5.74) is 5.37. The van der Waals surface area contributed by atoms with Crippen LogP contribution in [0.1, 0.15) is 5.69 Å². The van der Waals surface area contributed by atoms with Crippen LogP contribution in [0.25, 0.3) is 10.2 Å². The van der Waals surface area contributed by atoms with Crippen LogP contribution in [0.5, 0.6) is 0 Å². The van der Waals surface area contributed by atoms with Gasteiger partial charge in [-0.25, -0.2) is 4.98 Å². The Labute approximate surface area is 88.5 Å². The number of primary amides is 1. The lowest BCUT2D eigenvalue weighted by atomic mass is 10.3. The summed E-state index contributed by atoms with van der Waals surface area (Å²) in [4.78, 5) is 27.1. The minimum absolute atomic E-state index is 0.156. The lowest BCUT2D eigenvalue weighted by Crippen LogP contribution is -2.28. The highest BCUT2D eigenvalue weighted by molar-refractivity contribution is 7.12. The van der Waals surface area contributed by atoms with Crippen molar-refractivity contribution in [1.29, 1.82) is 0 Å². The Morgan fingerprint density at radius 1 is 1.67 bits per heavy atom. The van der Waals surface area contributed by atoms with Crippen molar-refractivity contribution in [3.05, 3.63) is 22.4 Å². The molecule has 0 bridgehead atoms.